The first-order chi connectivity index (χ1) is 17.2. The van der Waals surface area contributed by atoms with E-state index in [9.17, 15) is 14.0 Å². The van der Waals surface area contributed by atoms with Crippen molar-refractivity contribution in [1.29, 1.82) is 0 Å². The molecule has 3 aromatic rings. The monoisotopic (exact) mass is 495 g/mol. The Bertz CT molecular complexity index is 1190. The number of carbonyl (C=O) groups is 2. The standard InChI is InChI=1S/C23H22FN3O3.C5H12O/c24-16-6-7-17-18(11-25-20(17)10-16)19-12-27(21-8-9-26(14-28)22(19)21)23(29)30-13-15-4-2-1-3-5-15;1-5(2,3)6-4/h1-7,10-11,14,19,21-22,25H,8-9,12-13H2;1-4H3/t19-,21-,22-;/m1./s1. The summed E-state index contributed by atoms with van der Waals surface area (Å²) in [7, 11) is 1.71. The molecular weight excluding hydrogens is 461 g/mol. The summed E-state index contributed by atoms with van der Waals surface area (Å²) in [4.78, 5) is 31.3. The third-order valence-electron chi connectivity index (χ3n) is 6.93. The molecule has 1 aromatic heterocycles. The maximum absolute atomic E-state index is 13.6. The summed E-state index contributed by atoms with van der Waals surface area (Å²) in [6.45, 7) is 7.33. The van der Waals surface area contributed by atoms with Crippen LogP contribution in [0.4, 0.5) is 9.18 Å². The Kier molecular flexibility index (Phi) is 7.64. The van der Waals surface area contributed by atoms with Crippen LogP contribution in [-0.4, -0.2) is 65.2 Å². The van der Waals surface area contributed by atoms with E-state index in [0.29, 0.717) is 18.6 Å². The average Bonchev–Trinajstić information content (AvgIpc) is 3.57. The van der Waals surface area contributed by atoms with Gasteiger partial charge in [0.1, 0.15) is 12.4 Å². The van der Waals surface area contributed by atoms with E-state index in [1.165, 1.54) is 12.1 Å². The van der Waals surface area contributed by atoms with E-state index in [4.69, 9.17) is 9.47 Å². The van der Waals surface area contributed by atoms with Gasteiger partial charge in [-0.15, -0.1) is 0 Å². The second-order valence-electron chi connectivity index (χ2n) is 10.2. The van der Waals surface area contributed by atoms with E-state index in [0.717, 1.165) is 29.3 Å². The molecule has 2 amide bonds. The number of nitrogens with one attached hydrogen (secondary N) is 1. The molecule has 2 aliphatic rings. The van der Waals surface area contributed by atoms with Gasteiger partial charge in [-0.05, 0) is 56.5 Å². The van der Waals surface area contributed by atoms with Crippen molar-refractivity contribution in [1.82, 2.24) is 14.8 Å². The number of carbonyl (C=O) groups excluding carboxylic acids is 2. The quantitative estimate of drug-likeness (QED) is 0.513. The van der Waals surface area contributed by atoms with Crippen molar-refractivity contribution in [3.05, 3.63) is 71.7 Å². The van der Waals surface area contributed by atoms with Gasteiger partial charge in [-0.2, -0.15) is 0 Å². The number of aromatic nitrogens is 1. The zero-order valence-electron chi connectivity index (χ0n) is 21.2. The SMILES string of the molecule is COC(C)(C)C.O=CN1CC[C@@H]2[C@H]1[C@@H](c1c[nH]c3cc(F)ccc13)CN2C(=O)OCc1ccccc1. The zero-order valence-corrected chi connectivity index (χ0v) is 21.2. The van der Waals surface area contributed by atoms with Crippen LogP contribution in [0.15, 0.2) is 54.7 Å². The second-order valence-corrected chi connectivity index (χ2v) is 10.2. The molecule has 5 rings (SSSR count). The number of rotatable bonds is 4. The van der Waals surface area contributed by atoms with Gasteiger partial charge in [0.2, 0.25) is 6.41 Å². The predicted molar refractivity (Wildman–Crippen MR) is 136 cm³/mol. The molecule has 192 valence electrons. The predicted octanol–water partition coefficient (Wildman–Crippen LogP) is 5.07. The molecule has 1 N–H and O–H groups in total. The van der Waals surface area contributed by atoms with Gasteiger partial charge in [0.05, 0.1) is 17.7 Å². The molecule has 36 heavy (non-hydrogen) atoms. The highest BCUT2D eigenvalue weighted by Crippen LogP contribution is 2.42. The van der Waals surface area contributed by atoms with Crippen molar-refractivity contribution >= 4 is 23.4 Å². The van der Waals surface area contributed by atoms with Crippen LogP contribution in [0.2, 0.25) is 0 Å². The van der Waals surface area contributed by atoms with E-state index >= 15 is 0 Å². The number of benzene rings is 2. The first-order valence-electron chi connectivity index (χ1n) is 12.2. The van der Waals surface area contributed by atoms with Crippen LogP contribution in [0.3, 0.4) is 0 Å². The summed E-state index contributed by atoms with van der Waals surface area (Å²) in [5.41, 5.74) is 2.67. The number of nitrogens with zero attached hydrogens (tertiary/aromatic N) is 2. The van der Waals surface area contributed by atoms with E-state index in [-0.39, 0.29) is 42.1 Å². The molecule has 0 aliphatic carbocycles. The summed E-state index contributed by atoms with van der Waals surface area (Å²) in [5.74, 6) is -0.368. The minimum absolute atomic E-state index is 0.0417. The molecule has 7 nitrogen and oxygen atoms in total. The number of amides is 2. The van der Waals surface area contributed by atoms with Crippen LogP contribution >= 0.6 is 0 Å². The minimum Gasteiger partial charge on any atom is -0.445 e. The van der Waals surface area contributed by atoms with Gasteiger partial charge >= 0.3 is 6.09 Å². The number of aromatic amines is 1. The molecule has 0 bridgehead atoms. The fourth-order valence-electron chi connectivity index (χ4n) is 4.96. The highest BCUT2D eigenvalue weighted by Gasteiger charge is 2.51. The van der Waals surface area contributed by atoms with Gasteiger partial charge in [0.25, 0.3) is 0 Å². The van der Waals surface area contributed by atoms with E-state index in [1.807, 2.05) is 57.3 Å². The highest BCUT2D eigenvalue weighted by molar-refractivity contribution is 5.84. The fraction of sp³-hybridized carbons (Fsp3) is 0.429. The van der Waals surface area contributed by atoms with E-state index in [2.05, 4.69) is 4.98 Å². The normalized spacial score (nSPS) is 21.2. The highest BCUT2D eigenvalue weighted by atomic mass is 19.1. The number of hydrogen-bond donors (Lipinski definition) is 1. The Morgan fingerprint density at radius 1 is 1.19 bits per heavy atom. The molecule has 0 spiro atoms. The van der Waals surface area contributed by atoms with Crippen molar-refractivity contribution in [2.75, 3.05) is 20.2 Å². The van der Waals surface area contributed by atoms with Gasteiger partial charge in [-0.3, -0.25) is 4.79 Å². The minimum atomic E-state index is -0.366. The average molecular weight is 496 g/mol. The third kappa shape index (κ3) is 5.54. The van der Waals surface area contributed by atoms with Crippen LogP contribution in [0.1, 0.15) is 44.2 Å². The lowest BCUT2D eigenvalue weighted by Crippen LogP contribution is -2.40. The molecule has 3 atom stereocenters. The molecule has 8 heteroatoms. The summed E-state index contributed by atoms with van der Waals surface area (Å²) in [6, 6.07) is 14.0. The Morgan fingerprint density at radius 2 is 1.92 bits per heavy atom. The van der Waals surface area contributed by atoms with Gasteiger partial charge in [-0.25, -0.2) is 9.18 Å². The molecule has 0 unspecified atom stereocenters. The number of methoxy groups -OCH3 is 1. The summed E-state index contributed by atoms with van der Waals surface area (Å²) >= 11 is 0. The third-order valence-corrected chi connectivity index (χ3v) is 6.93. The van der Waals surface area contributed by atoms with Crippen LogP contribution in [0, 0.1) is 5.82 Å². The van der Waals surface area contributed by atoms with Gasteiger partial charge < -0.3 is 24.3 Å². The first kappa shape index (κ1) is 25.7. The van der Waals surface area contributed by atoms with E-state index < -0.39 is 0 Å². The largest absolute Gasteiger partial charge is 0.445 e. The number of ether oxygens (including phenoxy) is 2. The lowest BCUT2D eigenvalue weighted by molar-refractivity contribution is -0.119. The van der Waals surface area contributed by atoms with Crippen molar-refractivity contribution in [3.8, 4) is 0 Å². The van der Waals surface area contributed by atoms with Crippen LogP contribution in [0.5, 0.6) is 0 Å². The molecule has 0 saturated carbocycles. The molecule has 2 saturated heterocycles. The number of hydrogen-bond acceptors (Lipinski definition) is 4. The molecule has 3 heterocycles. The first-order valence-corrected chi connectivity index (χ1v) is 12.2. The smallest absolute Gasteiger partial charge is 0.410 e. The van der Waals surface area contributed by atoms with Gasteiger partial charge in [0, 0.05) is 43.2 Å². The fourth-order valence-corrected chi connectivity index (χ4v) is 4.96. The van der Waals surface area contributed by atoms with Crippen molar-refractivity contribution in [3.63, 3.8) is 0 Å². The van der Waals surface area contributed by atoms with Crippen molar-refractivity contribution in [2.45, 2.75) is 57.4 Å². The molecule has 0 radical (unpaired) electrons. The molecule has 2 aromatic carbocycles. The maximum atomic E-state index is 13.6. The second kappa shape index (κ2) is 10.7. The van der Waals surface area contributed by atoms with Crippen LogP contribution < -0.4 is 0 Å². The van der Waals surface area contributed by atoms with Crippen LogP contribution in [-0.2, 0) is 20.9 Å². The molecule has 2 aliphatic heterocycles. The Balaban J connectivity index is 0.000000455. The lowest BCUT2D eigenvalue weighted by atomic mass is 9.91. The Labute approximate surface area is 211 Å². The number of fused-ring (bicyclic) bond motifs is 2. The number of likely N-dealkylation sites (tertiary alicyclic amines) is 2. The lowest BCUT2D eigenvalue weighted by Gasteiger charge is -2.25. The zero-order chi connectivity index (χ0) is 25.9. The number of halogens is 1. The topological polar surface area (TPSA) is 74.9 Å². The Hall–Kier alpha value is -3.39. The van der Waals surface area contributed by atoms with Crippen molar-refractivity contribution in [2.24, 2.45) is 0 Å². The maximum Gasteiger partial charge on any atom is 0.410 e. The summed E-state index contributed by atoms with van der Waals surface area (Å²) < 4.78 is 24.1. The van der Waals surface area contributed by atoms with Crippen LogP contribution in [0.25, 0.3) is 10.9 Å². The number of H-pyrrole nitrogens is 1. The molecular formula is C28H34FN3O4. The van der Waals surface area contributed by atoms with Gasteiger partial charge in [-0.1, -0.05) is 30.3 Å². The van der Waals surface area contributed by atoms with Gasteiger partial charge in [0.15, 0.2) is 0 Å². The Morgan fingerprint density at radius 3 is 2.58 bits per heavy atom. The van der Waals surface area contributed by atoms with Crippen molar-refractivity contribution < 1.29 is 23.5 Å². The summed E-state index contributed by atoms with van der Waals surface area (Å²) in [6.07, 6.45) is 3.09. The van der Waals surface area contributed by atoms with E-state index in [1.54, 1.807) is 23.0 Å². The summed E-state index contributed by atoms with van der Waals surface area (Å²) in [5, 5.41) is 0.914. The molecule has 2 fully saturated rings.